The average Bonchev–Trinajstić information content (AvgIpc) is 2.75. The fourth-order valence-electron chi connectivity index (χ4n) is 1.72. The Labute approximate surface area is 92.0 Å². The largest absolute Gasteiger partial charge is 0.477 e. The molecule has 0 saturated carbocycles. The number of aryl methyl sites for hydroxylation is 1. The van der Waals surface area contributed by atoms with Gasteiger partial charge in [-0.1, -0.05) is 0 Å². The summed E-state index contributed by atoms with van der Waals surface area (Å²) in [6, 6.07) is 1.56. The van der Waals surface area contributed by atoms with Gasteiger partial charge in [0.25, 0.3) is 0 Å². The van der Waals surface area contributed by atoms with Crippen molar-refractivity contribution in [1.82, 2.24) is 9.47 Å². The van der Waals surface area contributed by atoms with E-state index in [0.717, 1.165) is 5.56 Å². The molecule has 1 aromatic rings. The summed E-state index contributed by atoms with van der Waals surface area (Å²) in [6.07, 6.45) is 1.36. The number of carboxylic acids is 1. The third-order valence-electron chi connectivity index (χ3n) is 2.50. The molecule has 86 valence electrons. The van der Waals surface area contributed by atoms with Gasteiger partial charge < -0.3 is 19.3 Å². The van der Waals surface area contributed by atoms with Crippen LogP contribution in [0.25, 0.3) is 0 Å². The number of hydrogen-bond donors (Lipinski definition) is 1. The lowest BCUT2D eigenvalue weighted by Gasteiger charge is -2.10. The highest BCUT2D eigenvalue weighted by Gasteiger charge is 2.22. The molecule has 0 aliphatic carbocycles. The number of rotatable bonds is 3. The Bertz CT molecular complexity index is 438. The van der Waals surface area contributed by atoms with Gasteiger partial charge in [-0.05, 0) is 11.6 Å². The maximum Gasteiger partial charge on any atom is 0.410 e. The topological polar surface area (TPSA) is 71.8 Å². The number of carboxylic acid groups (broad SMARTS) is 1. The molecule has 6 heteroatoms. The Morgan fingerprint density at radius 3 is 2.88 bits per heavy atom. The fourth-order valence-corrected chi connectivity index (χ4v) is 1.72. The number of ether oxygens (including phenoxy) is 1. The molecule has 16 heavy (non-hydrogen) atoms. The van der Waals surface area contributed by atoms with Gasteiger partial charge in [0.2, 0.25) is 0 Å². The predicted octanol–water partition coefficient (Wildman–Crippen LogP) is 0.675. The van der Waals surface area contributed by atoms with Crippen LogP contribution in [0.15, 0.2) is 12.3 Å². The molecule has 1 aliphatic heterocycles. The van der Waals surface area contributed by atoms with Crippen LogP contribution >= 0.6 is 0 Å². The molecular formula is C10H12N2O4. The molecule has 1 amide bonds. The molecular weight excluding hydrogens is 212 g/mol. The summed E-state index contributed by atoms with van der Waals surface area (Å²) >= 11 is 0. The fraction of sp³-hybridized carbons (Fsp3) is 0.400. The normalized spacial score (nSPS) is 15.3. The lowest BCUT2D eigenvalue weighted by molar-refractivity contribution is 0.0686. The van der Waals surface area contributed by atoms with Gasteiger partial charge in [0.1, 0.15) is 12.3 Å². The smallest absolute Gasteiger partial charge is 0.410 e. The van der Waals surface area contributed by atoms with Crippen LogP contribution in [0.5, 0.6) is 0 Å². The first-order chi connectivity index (χ1) is 7.58. The third kappa shape index (κ3) is 1.86. The van der Waals surface area contributed by atoms with Crippen molar-refractivity contribution < 1.29 is 19.4 Å². The van der Waals surface area contributed by atoms with Gasteiger partial charge >= 0.3 is 12.1 Å². The highest BCUT2D eigenvalue weighted by molar-refractivity contribution is 5.86. The van der Waals surface area contributed by atoms with Crippen LogP contribution in [-0.2, 0) is 18.3 Å². The number of nitrogens with zero attached hydrogens (tertiary/aromatic N) is 2. The van der Waals surface area contributed by atoms with E-state index < -0.39 is 5.97 Å². The molecule has 0 unspecified atom stereocenters. The van der Waals surface area contributed by atoms with Crippen molar-refractivity contribution in [3.05, 3.63) is 23.5 Å². The van der Waals surface area contributed by atoms with Crippen molar-refractivity contribution >= 4 is 12.1 Å². The second-order valence-electron chi connectivity index (χ2n) is 3.69. The second kappa shape index (κ2) is 3.88. The first-order valence-electron chi connectivity index (χ1n) is 4.88. The van der Waals surface area contributed by atoms with E-state index in [4.69, 9.17) is 9.84 Å². The Kier molecular flexibility index (Phi) is 2.55. The summed E-state index contributed by atoms with van der Waals surface area (Å²) in [5.74, 6) is -0.974. The van der Waals surface area contributed by atoms with Gasteiger partial charge in [-0.25, -0.2) is 9.59 Å². The van der Waals surface area contributed by atoms with Crippen molar-refractivity contribution in [1.29, 1.82) is 0 Å². The third-order valence-corrected chi connectivity index (χ3v) is 2.50. The minimum absolute atomic E-state index is 0.211. The number of aromatic nitrogens is 1. The van der Waals surface area contributed by atoms with Crippen LogP contribution in [0, 0.1) is 0 Å². The number of carbonyl (C=O) groups is 2. The highest BCUT2D eigenvalue weighted by Crippen LogP contribution is 2.13. The standard InChI is InChI=1S/C10H12N2O4/c1-11-5-7(4-8(11)9(13)14)6-12-2-3-16-10(12)15/h4-5H,2-3,6H2,1H3,(H,13,14). The Hall–Kier alpha value is -1.98. The maximum atomic E-state index is 11.2. The second-order valence-corrected chi connectivity index (χ2v) is 3.69. The quantitative estimate of drug-likeness (QED) is 0.819. The zero-order valence-corrected chi connectivity index (χ0v) is 8.84. The molecule has 1 saturated heterocycles. The lowest BCUT2D eigenvalue weighted by atomic mass is 10.3. The van der Waals surface area contributed by atoms with Crippen LogP contribution in [0.4, 0.5) is 4.79 Å². The van der Waals surface area contributed by atoms with E-state index >= 15 is 0 Å². The van der Waals surface area contributed by atoms with Gasteiger partial charge in [-0.15, -0.1) is 0 Å². The van der Waals surface area contributed by atoms with E-state index in [1.807, 2.05) is 0 Å². The van der Waals surface area contributed by atoms with Crippen LogP contribution in [-0.4, -0.2) is 39.8 Å². The van der Waals surface area contributed by atoms with E-state index in [1.54, 1.807) is 24.2 Å². The first kappa shape index (κ1) is 10.5. The van der Waals surface area contributed by atoms with Crippen molar-refractivity contribution in [3.8, 4) is 0 Å². The summed E-state index contributed by atoms with van der Waals surface area (Å²) in [5, 5.41) is 8.87. The molecule has 0 atom stereocenters. The molecule has 2 heterocycles. The molecule has 2 rings (SSSR count). The summed E-state index contributed by atoms with van der Waals surface area (Å²) in [4.78, 5) is 23.5. The van der Waals surface area contributed by atoms with Crippen LogP contribution in [0.2, 0.25) is 0 Å². The van der Waals surface area contributed by atoms with Crippen molar-refractivity contribution in [2.75, 3.05) is 13.2 Å². The zero-order chi connectivity index (χ0) is 11.7. The summed E-state index contributed by atoms with van der Waals surface area (Å²) in [6.45, 7) is 1.34. The minimum Gasteiger partial charge on any atom is -0.477 e. The Morgan fingerprint density at radius 1 is 1.62 bits per heavy atom. The van der Waals surface area contributed by atoms with E-state index in [-0.39, 0.29) is 11.8 Å². The average molecular weight is 224 g/mol. The predicted molar refractivity (Wildman–Crippen MR) is 54.1 cm³/mol. The Balaban J connectivity index is 2.13. The van der Waals surface area contributed by atoms with Gasteiger partial charge in [0.05, 0.1) is 13.1 Å². The van der Waals surface area contributed by atoms with E-state index in [9.17, 15) is 9.59 Å². The van der Waals surface area contributed by atoms with Crippen molar-refractivity contribution in [3.63, 3.8) is 0 Å². The van der Waals surface area contributed by atoms with Gasteiger partial charge in [-0.3, -0.25) is 0 Å². The molecule has 0 bridgehead atoms. The molecule has 0 radical (unpaired) electrons. The van der Waals surface area contributed by atoms with Crippen LogP contribution < -0.4 is 0 Å². The Morgan fingerprint density at radius 2 is 2.38 bits per heavy atom. The number of hydrogen-bond acceptors (Lipinski definition) is 3. The summed E-state index contributed by atoms with van der Waals surface area (Å²) < 4.78 is 6.31. The maximum absolute atomic E-state index is 11.2. The summed E-state index contributed by atoms with van der Waals surface area (Å²) in [7, 11) is 1.66. The van der Waals surface area contributed by atoms with Gasteiger partial charge in [-0.2, -0.15) is 0 Å². The van der Waals surface area contributed by atoms with E-state index in [0.29, 0.717) is 19.7 Å². The molecule has 1 fully saturated rings. The minimum atomic E-state index is -0.974. The highest BCUT2D eigenvalue weighted by atomic mass is 16.6. The monoisotopic (exact) mass is 224 g/mol. The summed E-state index contributed by atoms with van der Waals surface area (Å²) in [5.41, 5.74) is 1.00. The SMILES string of the molecule is Cn1cc(CN2CCOC2=O)cc1C(=O)O. The number of amides is 1. The van der Waals surface area contributed by atoms with E-state index in [2.05, 4.69) is 0 Å². The molecule has 1 aromatic heterocycles. The zero-order valence-electron chi connectivity index (χ0n) is 8.84. The molecule has 0 aromatic carbocycles. The number of aromatic carboxylic acids is 1. The molecule has 1 aliphatic rings. The molecule has 1 N–H and O–H groups in total. The molecule has 0 spiro atoms. The van der Waals surface area contributed by atoms with Crippen LogP contribution in [0.1, 0.15) is 16.1 Å². The van der Waals surface area contributed by atoms with Crippen LogP contribution in [0.3, 0.4) is 0 Å². The molecule has 6 nitrogen and oxygen atoms in total. The van der Waals surface area contributed by atoms with Crippen molar-refractivity contribution in [2.45, 2.75) is 6.54 Å². The number of carbonyl (C=O) groups excluding carboxylic acids is 1. The van der Waals surface area contributed by atoms with Gasteiger partial charge in [0.15, 0.2) is 0 Å². The van der Waals surface area contributed by atoms with Gasteiger partial charge in [0, 0.05) is 13.2 Å². The first-order valence-corrected chi connectivity index (χ1v) is 4.88. The van der Waals surface area contributed by atoms with E-state index in [1.165, 1.54) is 4.57 Å². The number of cyclic esters (lactones) is 1. The van der Waals surface area contributed by atoms with Crippen molar-refractivity contribution in [2.24, 2.45) is 7.05 Å². The lowest BCUT2D eigenvalue weighted by Crippen LogP contribution is -2.23.